The second kappa shape index (κ2) is 5.38. The first-order valence-corrected chi connectivity index (χ1v) is 5.97. The minimum Gasteiger partial charge on any atom is -0.388 e. The quantitative estimate of drug-likeness (QED) is 0.943. The third kappa shape index (κ3) is 3.35. The number of pyridine rings is 1. The molecule has 2 aromatic rings. The number of halogens is 2. The van der Waals surface area contributed by atoms with Gasteiger partial charge in [-0.1, -0.05) is 12.1 Å². The van der Waals surface area contributed by atoms with Gasteiger partial charge >= 0.3 is 0 Å². The Labute approximate surface area is 107 Å². The largest absolute Gasteiger partial charge is 0.388 e. The smallest absolute Gasteiger partial charge is 0.123 e. The zero-order chi connectivity index (χ0) is 12.3. The molecule has 2 rings (SSSR count). The standard InChI is InChI=1S/C13H11BrFNO/c14-11-4-9(7-16-8-11)5-13(17)10-2-1-3-12(15)6-10/h1-4,6-8,13,17H,5H2. The van der Waals surface area contributed by atoms with Crippen molar-refractivity contribution in [2.24, 2.45) is 0 Å². The number of aromatic nitrogens is 1. The van der Waals surface area contributed by atoms with Crippen LogP contribution in [0.5, 0.6) is 0 Å². The van der Waals surface area contributed by atoms with Crippen LogP contribution in [0.1, 0.15) is 17.2 Å². The van der Waals surface area contributed by atoms with Crippen molar-refractivity contribution in [3.63, 3.8) is 0 Å². The van der Waals surface area contributed by atoms with Gasteiger partial charge in [-0.25, -0.2) is 4.39 Å². The maximum absolute atomic E-state index is 13.0. The van der Waals surface area contributed by atoms with Gasteiger partial charge in [0.15, 0.2) is 0 Å². The summed E-state index contributed by atoms with van der Waals surface area (Å²) in [6.45, 7) is 0. The highest BCUT2D eigenvalue weighted by Gasteiger charge is 2.09. The van der Waals surface area contributed by atoms with Gasteiger partial charge in [0.2, 0.25) is 0 Å². The van der Waals surface area contributed by atoms with Gasteiger partial charge in [-0.05, 0) is 45.3 Å². The SMILES string of the molecule is OC(Cc1cncc(Br)c1)c1cccc(F)c1. The molecule has 88 valence electrons. The van der Waals surface area contributed by atoms with Crippen molar-refractivity contribution in [3.8, 4) is 0 Å². The Morgan fingerprint density at radius 3 is 2.82 bits per heavy atom. The van der Waals surface area contributed by atoms with E-state index in [1.807, 2.05) is 6.07 Å². The topological polar surface area (TPSA) is 33.1 Å². The Bertz CT molecular complexity index is 518. The summed E-state index contributed by atoms with van der Waals surface area (Å²) in [5.41, 5.74) is 1.47. The summed E-state index contributed by atoms with van der Waals surface area (Å²) < 4.78 is 13.9. The van der Waals surface area contributed by atoms with Crippen LogP contribution in [0.3, 0.4) is 0 Å². The van der Waals surface area contributed by atoms with E-state index in [1.165, 1.54) is 12.1 Å². The molecular formula is C13H11BrFNO. The molecule has 0 saturated heterocycles. The van der Waals surface area contributed by atoms with E-state index < -0.39 is 6.10 Å². The van der Waals surface area contributed by atoms with Gasteiger partial charge in [-0.2, -0.15) is 0 Å². The summed E-state index contributed by atoms with van der Waals surface area (Å²) in [5.74, 6) is -0.339. The highest BCUT2D eigenvalue weighted by molar-refractivity contribution is 9.10. The first kappa shape index (κ1) is 12.2. The lowest BCUT2D eigenvalue weighted by molar-refractivity contribution is 0.178. The summed E-state index contributed by atoms with van der Waals surface area (Å²) in [5, 5.41) is 9.98. The third-order valence-electron chi connectivity index (χ3n) is 2.42. The van der Waals surface area contributed by atoms with Crippen molar-refractivity contribution >= 4 is 15.9 Å². The van der Waals surface area contributed by atoms with Crippen LogP contribution in [0, 0.1) is 5.82 Å². The number of nitrogens with zero attached hydrogens (tertiary/aromatic N) is 1. The molecule has 0 aliphatic rings. The molecule has 0 aliphatic carbocycles. The number of benzene rings is 1. The second-order valence-corrected chi connectivity index (χ2v) is 4.70. The fourth-order valence-corrected chi connectivity index (χ4v) is 2.03. The highest BCUT2D eigenvalue weighted by Crippen LogP contribution is 2.20. The van der Waals surface area contributed by atoms with Crippen LogP contribution < -0.4 is 0 Å². The molecule has 1 heterocycles. The van der Waals surface area contributed by atoms with Crippen molar-refractivity contribution in [1.82, 2.24) is 4.98 Å². The first-order chi connectivity index (χ1) is 8.15. The molecule has 0 amide bonds. The summed E-state index contributed by atoms with van der Waals surface area (Å²) in [4.78, 5) is 4.02. The molecule has 0 spiro atoms. The van der Waals surface area contributed by atoms with Gasteiger partial charge in [0.1, 0.15) is 5.82 Å². The van der Waals surface area contributed by atoms with Gasteiger partial charge in [0.05, 0.1) is 6.10 Å². The number of rotatable bonds is 3. The Hall–Kier alpha value is -1.26. The zero-order valence-corrected chi connectivity index (χ0v) is 10.6. The van der Waals surface area contributed by atoms with Gasteiger partial charge in [-0.15, -0.1) is 0 Å². The highest BCUT2D eigenvalue weighted by atomic mass is 79.9. The Kier molecular flexibility index (Phi) is 3.86. The van der Waals surface area contributed by atoms with E-state index in [0.717, 1.165) is 10.0 Å². The summed E-state index contributed by atoms with van der Waals surface area (Å²) in [7, 11) is 0. The molecule has 0 saturated carbocycles. The zero-order valence-electron chi connectivity index (χ0n) is 8.98. The van der Waals surface area contributed by atoms with Crippen LogP contribution in [0.15, 0.2) is 47.2 Å². The number of aliphatic hydroxyl groups is 1. The van der Waals surface area contributed by atoms with E-state index >= 15 is 0 Å². The maximum atomic E-state index is 13.0. The average Bonchev–Trinajstić information content (AvgIpc) is 2.29. The third-order valence-corrected chi connectivity index (χ3v) is 2.86. The first-order valence-electron chi connectivity index (χ1n) is 5.18. The van der Waals surface area contributed by atoms with E-state index in [2.05, 4.69) is 20.9 Å². The molecule has 1 atom stereocenters. The van der Waals surface area contributed by atoms with Crippen LogP contribution in [0.25, 0.3) is 0 Å². The molecule has 0 radical (unpaired) electrons. The average molecular weight is 296 g/mol. The summed E-state index contributed by atoms with van der Waals surface area (Å²) >= 11 is 3.32. The Morgan fingerprint density at radius 2 is 2.12 bits per heavy atom. The van der Waals surface area contributed by atoms with E-state index in [-0.39, 0.29) is 5.82 Å². The van der Waals surface area contributed by atoms with Crippen molar-refractivity contribution in [1.29, 1.82) is 0 Å². The minimum atomic E-state index is -0.721. The van der Waals surface area contributed by atoms with Crippen molar-refractivity contribution < 1.29 is 9.50 Å². The molecule has 1 unspecified atom stereocenters. The van der Waals surface area contributed by atoms with Crippen LogP contribution >= 0.6 is 15.9 Å². The van der Waals surface area contributed by atoms with E-state index in [1.54, 1.807) is 24.5 Å². The van der Waals surface area contributed by atoms with Crippen molar-refractivity contribution in [3.05, 3.63) is 64.1 Å². The molecule has 4 heteroatoms. The van der Waals surface area contributed by atoms with Crippen molar-refractivity contribution in [2.75, 3.05) is 0 Å². The predicted molar refractivity (Wildman–Crippen MR) is 67.0 cm³/mol. The summed E-state index contributed by atoms with van der Waals surface area (Å²) in [6, 6.07) is 7.88. The van der Waals surface area contributed by atoms with Crippen LogP contribution in [-0.4, -0.2) is 10.1 Å². The molecular weight excluding hydrogens is 285 g/mol. The fraction of sp³-hybridized carbons (Fsp3) is 0.154. The van der Waals surface area contributed by atoms with Gasteiger partial charge < -0.3 is 5.11 Å². The lowest BCUT2D eigenvalue weighted by atomic mass is 10.0. The Balaban J connectivity index is 2.14. The lowest BCUT2D eigenvalue weighted by Crippen LogP contribution is -2.02. The number of hydrogen-bond donors (Lipinski definition) is 1. The van der Waals surface area contributed by atoms with E-state index in [9.17, 15) is 9.50 Å². The van der Waals surface area contributed by atoms with Crippen molar-refractivity contribution in [2.45, 2.75) is 12.5 Å². The second-order valence-electron chi connectivity index (χ2n) is 3.79. The van der Waals surface area contributed by atoms with Gasteiger partial charge in [0.25, 0.3) is 0 Å². The molecule has 17 heavy (non-hydrogen) atoms. The minimum absolute atomic E-state index is 0.339. The molecule has 1 aromatic heterocycles. The van der Waals surface area contributed by atoms with E-state index in [0.29, 0.717) is 12.0 Å². The lowest BCUT2D eigenvalue weighted by Gasteiger charge is -2.11. The molecule has 1 N–H and O–H groups in total. The van der Waals surface area contributed by atoms with Crippen LogP contribution in [0.4, 0.5) is 4.39 Å². The fourth-order valence-electron chi connectivity index (χ4n) is 1.62. The maximum Gasteiger partial charge on any atom is 0.123 e. The molecule has 0 fully saturated rings. The molecule has 2 nitrogen and oxygen atoms in total. The molecule has 0 aliphatic heterocycles. The number of aliphatic hydroxyl groups excluding tert-OH is 1. The predicted octanol–water partition coefficient (Wildman–Crippen LogP) is 3.26. The van der Waals surface area contributed by atoms with Crippen LogP contribution in [0.2, 0.25) is 0 Å². The normalized spacial score (nSPS) is 12.4. The monoisotopic (exact) mass is 295 g/mol. The Morgan fingerprint density at radius 1 is 1.29 bits per heavy atom. The van der Waals surface area contributed by atoms with E-state index in [4.69, 9.17) is 0 Å². The van der Waals surface area contributed by atoms with Gasteiger partial charge in [-0.3, -0.25) is 4.98 Å². The molecule has 0 bridgehead atoms. The van der Waals surface area contributed by atoms with Gasteiger partial charge in [0, 0.05) is 23.3 Å². The van der Waals surface area contributed by atoms with Crippen LogP contribution in [-0.2, 0) is 6.42 Å². The number of hydrogen-bond acceptors (Lipinski definition) is 2. The summed E-state index contributed by atoms with van der Waals surface area (Å²) in [6.07, 6.45) is 3.06. The molecule has 1 aromatic carbocycles.